The first-order valence-corrected chi connectivity index (χ1v) is 4.99. The van der Waals surface area contributed by atoms with Crippen LogP contribution in [0.1, 0.15) is 29.4 Å². The number of ether oxygens (including phenoxy) is 1. The maximum absolute atomic E-state index is 11.0. The van der Waals surface area contributed by atoms with Crippen molar-refractivity contribution in [2.75, 3.05) is 6.61 Å². The third-order valence-corrected chi connectivity index (χ3v) is 1.82. The van der Waals surface area contributed by atoms with Crippen LogP contribution in [-0.4, -0.2) is 23.8 Å². The molecule has 0 aliphatic rings. The van der Waals surface area contributed by atoms with Crippen LogP contribution >= 0.6 is 0 Å². The van der Waals surface area contributed by atoms with Crippen molar-refractivity contribution in [3.8, 4) is 0 Å². The molecule has 1 aromatic rings. The highest BCUT2D eigenvalue weighted by Gasteiger charge is 1.97. The third kappa shape index (κ3) is 4.04. The highest BCUT2D eigenvalue weighted by atomic mass is 16.5. The van der Waals surface area contributed by atoms with Gasteiger partial charge in [0.1, 0.15) is 6.29 Å². The van der Waals surface area contributed by atoms with Crippen LogP contribution < -0.4 is 0 Å². The zero-order valence-electron chi connectivity index (χ0n) is 9.05. The van der Waals surface area contributed by atoms with Gasteiger partial charge in [-0.05, 0) is 25.1 Å². The summed E-state index contributed by atoms with van der Waals surface area (Å²) in [5, 5.41) is 0. The van der Waals surface area contributed by atoms with Crippen molar-refractivity contribution in [1.29, 1.82) is 0 Å². The first-order valence-electron chi connectivity index (χ1n) is 4.99. The highest BCUT2D eigenvalue weighted by Crippen LogP contribution is 2.02. The smallest absolute Gasteiger partial charge is 0.309 e. The Hall–Kier alpha value is -1.97. The SMILES string of the molecule is CCOC(=O)CC=Cc1cc(C=O)ccn1. The molecule has 0 spiro atoms. The number of hydrogen-bond donors (Lipinski definition) is 0. The van der Waals surface area contributed by atoms with E-state index in [0.29, 0.717) is 17.9 Å². The average Bonchev–Trinajstić information content (AvgIpc) is 2.30. The molecule has 0 unspecified atom stereocenters. The highest BCUT2D eigenvalue weighted by molar-refractivity contribution is 5.76. The number of carbonyl (C=O) groups excluding carboxylic acids is 2. The van der Waals surface area contributed by atoms with E-state index in [1.165, 1.54) is 0 Å². The molecule has 1 aromatic heterocycles. The first kappa shape index (κ1) is 12.1. The minimum Gasteiger partial charge on any atom is -0.466 e. The standard InChI is InChI=1S/C12H13NO3/c1-2-16-12(15)5-3-4-11-8-10(9-14)6-7-13-11/h3-4,6-9H,2,5H2,1H3. The summed E-state index contributed by atoms with van der Waals surface area (Å²) in [5.74, 6) is -0.273. The van der Waals surface area contributed by atoms with Gasteiger partial charge in [-0.1, -0.05) is 6.08 Å². The largest absolute Gasteiger partial charge is 0.466 e. The van der Waals surface area contributed by atoms with E-state index < -0.39 is 0 Å². The van der Waals surface area contributed by atoms with Gasteiger partial charge in [-0.3, -0.25) is 14.6 Å². The monoisotopic (exact) mass is 219 g/mol. The maximum atomic E-state index is 11.0. The fourth-order valence-corrected chi connectivity index (χ4v) is 1.13. The number of rotatable bonds is 5. The van der Waals surface area contributed by atoms with Gasteiger partial charge in [0, 0.05) is 11.8 Å². The van der Waals surface area contributed by atoms with Gasteiger partial charge in [0.15, 0.2) is 0 Å². The number of aromatic nitrogens is 1. The molecule has 0 aromatic carbocycles. The lowest BCUT2D eigenvalue weighted by Gasteiger charge is -1.97. The second-order valence-corrected chi connectivity index (χ2v) is 3.04. The number of hydrogen-bond acceptors (Lipinski definition) is 4. The van der Waals surface area contributed by atoms with Gasteiger partial charge in [-0.15, -0.1) is 0 Å². The summed E-state index contributed by atoms with van der Waals surface area (Å²) in [6.45, 7) is 2.14. The number of aldehydes is 1. The summed E-state index contributed by atoms with van der Waals surface area (Å²) in [4.78, 5) is 25.5. The lowest BCUT2D eigenvalue weighted by molar-refractivity contribution is -0.142. The van der Waals surface area contributed by atoms with Crippen molar-refractivity contribution in [3.63, 3.8) is 0 Å². The summed E-state index contributed by atoms with van der Waals surface area (Å²) >= 11 is 0. The predicted octanol–water partition coefficient (Wildman–Crippen LogP) is 1.86. The summed E-state index contributed by atoms with van der Waals surface area (Å²) in [5.41, 5.74) is 1.21. The molecule has 0 saturated heterocycles. The number of nitrogens with zero attached hydrogens (tertiary/aromatic N) is 1. The molecule has 1 rings (SSSR count). The number of pyridine rings is 1. The van der Waals surface area contributed by atoms with Crippen LogP contribution in [0, 0.1) is 0 Å². The molecule has 1 heterocycles. The third-order valence-electron chi connectivity index (χ3n) is 1.82. The van der Waals surface area contributed by atoms with Crippen molar-refractivity contribution in [1.82, 2.24) is 4.98 Å². The zero-order valence-corrected chi connectivity index (χ0v) is 9.05. The molecule has 84 valence electrons. The topological polar surface area (TPSA) is 56.3 Å². The Balaban J connectivity index is 2.55. The summed E-state index contributed by atoms with van der Waals surface area (Å²) in [6, 6.07) is 3.27. The molecule has 0 saturated carbocycles. The van der Waals surface area contributed by atoms with E-state index in [1.54, 1.807) is 37.4 Å². The molecule has 16 heavy (non-hydrogen) atoms. The molecule has 0 fully saturated rings. The van der Waals surface area contributed by atoms with E-state index in [-0.39, 0.29) is 12.4 Å². The van der Waals surface area contributed by atoms with Crippen molar-refractivity contribution < 1.29 is 14.3 Å². The van der Waals surface area contributed by atoms with Crippen molar-refractivity contribution in [2.24, 2.45) is 0 Å². The van der Waals surface area contributed by atoms with Crippen LogP contribution in [0.15, 0.2) is 24.4 Å². The molecule has 0 radical (unpaired) electrons. The predicted molar refractivity (Wildman–Crippen MR) is 59.9 cm³/mol. The maximum Gasteiger partial charge on any atom is 0.309 e. The van der Waals surface area contributed by atoms with Crippen LogP contribution in [0.2, 0.25) is 0 Å². The molecule has 0 aliphatic carbocycles. The first-order chi connectivity index (χ1) is 7.76. The van der Waals surface area contributed by atoms with E-state index in [0.717, 1.165) is 6.29 Å². The van der Waals surface area contributed by atoms with Gasteiger partial charge in [0.25, 0.3) is 0 Å². The van der Waals surface area contributed by atoms with E-state index in [1.807, 2.05) is 0 Å². The molecule has 0 aliphatic heterocycles. The van der Waals surface area contributed by atoms with Crippen LogP contribution in [0.3, 0.4) is 0 Å². The van der Waals surface area contributed by atoms with E-state index >= 15 is 0 Å². The molecule has 0 amide bonds. The zero-order chi connectivity index (χ0) is 11.8. The molecule has 4 nitrogen and oxygen atoms in total. The fourth-order valence-electron chi connectivity index (χ4n) is 1.13. The summed E-state index contributed by atoms with van der Waals surface area (Å²) in [7, 11) is 0. The molecule has 0 N–H and O–H groups in total. The van der Waals surface area contributed by atoms with Crippen LogP contribution in [0.4, 0.5) is 0 Å². The lowest BCUT2D eigenvalue weighted by Crippen LogP contribution is -2.01. The van der Waals surface area contributed by atoms with Crippen LogP contribution in [0.25, 0.3) is 6.08 Å². The number of carbonyl (C=O) groups is 2. The van der Waals surface area contributed by atoms with E-state index in [2.05, 4.69) is 4.98 Å². The lowest BCUT2D eigenvalue weighted by atomic mass is 10.2. The minimum absolute atomic E-state index is 0.209. The van der Waals surface area contributed by atoms with Crippen LogP contribution in [-0.2, 0) is 9.53 Å². The second-order valence-electron chi connectivity index (χ2n) is 3.04. The summed E-state index contributed by atoms with van der Waals surface area (Å²) in [6.07, 6.45) is 5.86. The Labute approximate surface area is 94.0 Å². The summed E-state index contributed by atoms with van der Waals surface area (Å²) < 4.78 is 4.76. The average molecular weight is 219 g/mol. The Kier molecular flexibility index (Phi) is 4.92. The van der Waals surface area contributed by atoms with E-state index in [4.69, 9.17) is 4.74 Å². The minimum atomic E-state index is -0.273. The van der Waals surface area contributed by atoms with Gasteiger partial charge < -0.3 is 4.74 Å². The molecule has 0 atom stereocenters. The quantitative estimate of drug-likeness (QED) is 0.560. The van der Waals surface area contributed by atoms with Crippen molar-refractivity contribution in [3.05, 3.63) is 35.7 Å². The molecule has 4 heteroatoms. The van der Waals surface area contributed by atoms with Gasteiger partial charge in [0.2, 0.25) is 0 Å². The van der Waals surface area contributed by atoms with Gasteiger partial charge in [-0.25, -0.2) is 0 Å². The van der Waals surface area contributed by atoms with Crippen molar-refractivity contribution >= 4 is 18.3 Å². The Morgan fingerprint density at radius 1 is 1.56 bits per heavy atom. The van der Waals surface area contributed by atoms with E-state index in [9.17, 15) is 9.59 Å². The Morgan fingerprint density at radius 2 is 2.38 bits per heavy atom. The van der Waals surface area contributed by atoms with Gasteiger partial charge >= 0.3 is 5.97 Å². The van der Waals surface area contributed by atoms with Crippen LogP contribution in [0.5, 0.6) is 0 Å². The second kappa shape index (κ2) is 6.50. The van der Waals surface area contributed by atoms with Crippen molar-refractivity contribution in [2.45, 2.75) is 13.3 Å². The molecular weight excluding hydrogens is 206 g/mol. The number of esters is 1. The molecular formula is C12H13NO3. The Bertz CT molecular complexity index is 399. The van der Waals surface area contributed by atoms with Gasteiger partial charge in [0.05, 0.1) is 18.7 Å². The fraction of sp³-hybridized carbons (Fsp3) is 0.250. The Morgan fingerprint density at radius 3 is 3.06 bits per heavy atom. The van der Waals surface area contributed by atoms with Gasteiger partial charge in [-0.2, -0.15) is 0 Å². The molecule has 0 bridgehead atoms. The normalized spacial score (nSPS) is 10.3.